The maximum Gasteiger partial charge on any atom is 0.255 e. The zero-order valence-electron chi connectivity index (χ0n) is 27.5. The molecule has 3 heterocycles. The minimum Gasteiger partial charge on any atom is -0.275 e. The lowest BCUT2D eigenvalue weighted by Gasteiger charge is -2.56. The average Bonchev–Trinajstić information content (AvgIpc) is 3.71. The van der Waals surface area contributed by atoms with E-state index in [0.29, 0.717) is 0 Å². The van der Waals surface area contributed by atoms with Crippen LogP contribution in [-0.4, -0.2) is 4.57 Å². The van der Waals surface area contributed by atoms with Crippen molar-refractivity contribution < 1.29 is 5.01 Å². The summed E-state index contributed by atoms with van der Waals surface area (Å²) < 4.78 is 2.58. The van der Waals surface area contributed by atoms with Gasteiger partial charge in [-0.2, -0.15) is 15.3 Å². The van der Waals surface area contributed by atoms with Crippen molar-refractivity contribution in [1.29, 1.82) is 0 Å². The van der Waals surface area contributed by atoms with Gasteiger partial charge in [-0.1, -0.05) is 109 Å². The Labute approximate surface area is 286 Å². The molecule has 4 nitrogen and oxygen atoms in total. The van der Waals surface area contributed by atoms with Crippen molar-refractivity contribution >= 4 is 44.0 Å². The molecule has 4 heteroatoms. The van der Waals surface area contributed by atoms with E-state index in [0.717, 1.165) is 23.7 Å². The Morgan fingerprint density at radius 2 is 1.22 bits per heavy atom. The summed E-state index contributed by atoms with van der Waals surface area (Å²) >= 11 is 0. The highest BCUT2D eigenvalue weighted by molar-refractivity contribution is 6.08. The Bertz CT molecular complexity index is 2370. The van der Waals surface area contributed by atoms with Crippen molar-refractivity contribution in [3.05, 3.63) is 156 Å². The van der Waals surface area contributed by atoms with E-state index in [1.807, 2.05) is 0 Å². The quantitative estimate of drug-likeness (QED) is 0.203. The van der Waals surface area contributed by atoms with Crippen molar-refractivity contribution in [3.8, 4) is 0 Å². The third-order valence-corrected chi connectivity index (χ3v) is 13.5. The summed E-state index contributed by atoms with van der Waals surface area (Å²) in [4.78, 5) is 0. The number of nitrogens with zero attached hydrogens (tertiary/aromatic N) is 2. The zero-order chi connectivity index (χ0) is 31.8. The van der Waals surface area contributed by atoms with Gasteiger partial charge in [0.05, 0.1) is 22.4 Å². The average molecular weight is 636 g/mol. The summed E-state index contributed by atoms with van der Waals surface area (Å²) in [6.07, 6.45) is 5.68. The number of nitrogens with one attached hydrogen (secondary N) is 2. The zero-order valence-corrected chi connectivity index (χ0v) is 27.5. The highest BCUT2D eigenvalue weighted by atomic mass is 15.8. The number of para-hydroxylation sites is 4. The molecule has 13 rings (SSSR count). The monoisotopic (exact) mass is 635 g/mol. The first-order valence-electron chi connectivity index (χ1n) is 18.4. The first kappa shape index (κ1) is 27.0. The molecule has 7 unspecified atom stereocenters. The van der Waals surface area contributed by atoms with Gasteiger partial charge in [-0.15, -0.1) is 0 Å². The molecule has 2 N–H and O–H groups in total. The van der Waals surface area contributed by atoms with Crippen molar-refractivity contribution in [1.82, 2.24) is 9.88 Å². The first-order chi connectivity index (χ1) is 24.3. The van der Waals surface area contributed by atoms with Gasteiger partial charge in [0.15, 0.2) is 6.17 Å². The lowest BCUT2D eigenvalue weighted by Crippen LogP contribution is -3.28. The van der Waals surface area contributed by atoms with E-state index >= 15 is 0 Å². The van der Waals surface area contributed by atoms with E-state index in [1.165, 1.54) is 80.2 Å². The number of rotatable bonds is 3. The third kappa shape index (κ3) is 3.36. The van der Waals surface area contributed by atoms with Crippen LogP contribution in [0.2, 0.25) is 0 Å². The smallest absolute Gasteiger partial charge is 0.255 e. The maximum absolute atomic E-state index is 4.16. The number of anilines is 2. The molecule has 0 amide bonds. The van der Waals surface area contributed by atoms with E-state index < -0.39 is 0 Å². The summed E-state index contributed by atoms with van der Waals surface area (Å²) in [5, 5.41) is 13.5. The van der Waals surface area contributed by atoms with Crippen LogP contribution in [0.15, 0.2) is 140 Å². The molecule has 1 aromatic heterocycles. The van der Waals surface area contributed by atoms with Gasteiger partial charge in [-0.3, -0.25) is 4.57 Å². The molecule has 1 saturated heterocycles. The van der Waals surface area contributed by atoms with Crippen molar-refractivity contribution in [3.63, 3.8) is 0 Å². The molecule has 4 bridgehead atoms. The topological polar surface area (TPSA) is 24.6 Å². The minimum atomic E-state index is -0.00711. The Balaban J connectivity index is 1.11. The molecule has 4 saturated carbocycles. The van der Waals surface area contributed by atoms with Crippen LogP contribution < -0.4 is 15.3 Å². The van der Waals surface area contributed by atoms with Gasteiger partial charge in [-0.25, -0.2) is 0 Å². The van der Waals surface area contributed by atoms with Crippen LogP contribution in [0.5, 0.6) is 0 Å². The number of benzene rings is 6. The Hall–Kier alpha value is -4.90. The predicted octanol–water partition coefficient (Wildman–Crippen LogP) is 9.01. The second-order valence-corrected chi connectivity index (χ2v) is 15.5. The molecule has 1 spiro atoms. The molecule has 6 aromatic carbocycles. The fraction of sp³-hybridized carbons (Fsp3) is 0.244. The standard InChI is InChI=1S/C45H38N4/c1-2-12-30-26-31(22-21-29(30)11-1)43-46-44(47-39-17-7-3-13-34(39)35-14-4-8-18-40(35)47)49(43)48-41-19-9-5-15-36(41)45(37-16-6-10-20-42(37)48)33-24-28-23-32(27-33)38(45)25-28/h1-22,26,28,32-33,38,43-44,46H,23-25,27H2/p+1. The second-order valence-electron chi connectivity index (χ2n) is 15.5. The highest BCUT2D eigenvalue weighted by Crippen LogP contribution is 2.72. The SMILES string of the molecule is c1ccc2c(c1)N([NH+]1C(c3ccc4ccccc4c3)NC1n1c3ccccc3c3ccccc31)c1ccccc1C21C2CC3CC(C2)C1C3. The molecular formula is C45H39N4+. The van der Waals surface area contributed by atoms with E-state index in [4.69, 9.17) is 0 Å². The molecule has 238 valence electrons. The Morgan fingerprint density at radius 3 is 1.94 bits per heavy atom. The highest BCUT2D eigenvalue weighted by Gasteiger charge is 2.67. The van der Waals surface area contributed by atoms with Crippen LogP contribution in [-0.2, 0) is 5.41 Å². The van der Waals surface area contributed by atoms with Crippen LogP contribution in [0.4, 0.5) is 11.4 Å². The fourth-order valence-electron chi connectivity index (χ4n) is 12.0. The van der Waals surface area contributed by atoms with Gasteiger partial charge in [0.1, 0.15) is 0 Å². The fourth-order valence-corrected chi connectivity index (χ4v) is 12.0. The second kappa shape index (κ2) is 9.62. The maximum atomic E-state index is 4.16. The minimum absolute atomic E-state index is 0.00711. The summed E-state index contributed by atoms with van der Waals surface area (Å²) in [7, 11) is 0. The van der Waals surface area contributed by atoms with Crippen LogP contribution in [0.1, 0.15) is 54.8 Å². The van der Waals surface area contributed by atoms with Gasteiger partial charge < -0.3 is 0 Å². The first-order valence-corrected chi connectivity index (χ1v) is 18.4. The lowest BCUT2D eigenvalue weighted by atomic mass is 9.56. The molecular weight excluding hydrogens is 597 g/mol. The van der Waals surface area contributed by atoms with Crippen LogP contribution in [0.3, 0.4) is 0 Å². The van der Waals surface area contributed by atoms with Gasteiger partial charge in [0.25, 0.3) is 6.29 Å². The van der Waals surface area contributed by atoms with Crippen molar-refractivity contribution in [2.75, 3.05) is 5.01 Å². The lowest BCUT2D eigenvalue weighted by molar-refractivity contribution is -1.03. The van der Waals surface area contributed by atoms with Crippen LogP contribution in [0.25, 0.3) is 32.6 Å². The van der Waals surface area contributed by atoms with Crippen LogP contribution in [0, 0.1) is 23.7 Å². The number of fused-ring (bicyclic) bond motifs is 6. The van der Waals surface area contributed by atoms with E-state index in [1.54, 1.807) is 11.1 Å². The number of hydrogen-bond acceptors (Lipinski definition) is 2. The largest absolute Gasteiger partial charge is 0.275 e. The van der Waals surface area contributed by atoms with Gasteiger partial charge >= 0.3 is 0 Å². The van der Waals surface area contributed by atoms with Gasteiger partial charge in [0, 0.05) is 21.8 Å². The predicted molar refractivity (Wildman–Crippen MR) is 197 cm³/mol. The summed E-state index contributed by atoms with van der Waals surface area (Å²) in [6.45, 7) is 0. The molecule has 7 atom stereocenters. The Morgan fingerprint density at radius 1 is 0.592 bits per heavy atom. The third-order valence-electron chi connectivity index (χ3n) is 13.5. The molecule has 2 aliphatic heterocycles. The van der Waals surface area contributed by atoms with Gasteiger partial charge in [0.2, 0.25) is 0 Å². The summed E-state index contributed by atoms with van der Waals surface area (Å²) in [5.41, 5.74) is 9.91. The molecule has 4 aliphatic carbocycles. The van der Waals surface area contributed by atoms with E-state index in [-0.39, 0.29) is 17.9 Å². The van der Waals surface area contributed by atoms with Crippen molar-refractivity contribution in [2.45, 2.75) is 43.6 Å². The molecule has 0 radical (unpaired) electrons. The van der Waals surface area contributed by atoms with Crippen molar-refractivity contribution in [2.24, 2.45) is 23.7 Å². The Kier molecular flexibility index (Phi) is 5.30. The molecule has 49 heavy (non-hydrogen) atoms. The number of aromatic nitrogens is 1. The van der Waals surface area contributed by atoms with Crippen LogP contribution >= 0.6 is 0 Å². The molecule has 5 fully saturated rings. The summed E-state index contributed by atoms with van der Waals surface area (Å²) in [6, 6.07) is 52.8. The molecule has 7 aromatic rings. The number of hydrogen-bond donors (Lipinski definition) is 2. The number of quaternary nitrogens is 1. The normalized spacial score (nSPS) is 28.7. The van der Waals surface area contributed by atoms with E-state index in [9.17, 15) is 0 Å². The van der Waals surface area contributed by atoms with Gasteiger partial charge in [-0.05, 0) is 102 Å². The summed E-state index contributed by atoms with van der Waals surface area (Å²) in [5.74, 6) is 3.27. The van der Waals surface area contributed by atoms with E-state index in [2.05, 4.69) is 154 Å². The molecule has 6 aliphatic rings.